The highest BCUT2D eigenvalue weighted by atomic mass is 32.1. The molecular weight excluding hydrogens is 324 g/mol. The van der Waals surface area contributed by atoms with Gasteiger partial charge in [-0.2, -0.15) is 5.10 Å². The van der Waals surface area contributed by atoms with E-state index >= 15 is 0 Å². The molecule has 0 atom stereocenters. The number of fused-ring (bicyclic) bond motifs is 1. The first-order valence-electron chi connectivity index (χ1n) is 7.24. The van der Waals surface area contributed by atoms with Crippen LogP contribution < -0.4 is 14.9 Å². The van der Waals surface area contributed by atoms with Gasteiger partial charge in [0.05, 0.1) is 26.0 Å². The first-order valence-corrected chi connectivity index (χ1v) is 8.12. The van der Waals surface area contributed by atoms with Crippen LogP contribution in [-0.4, -0.2) is 26.3 Å². The van der Waals surface area contributed by atoms with Crippen LogP contribution in [0.5, 0.6) is 11.5 Å². The van der Waals surface area contributed by atoms with Crippen LogP contribution in [0.4, 0.5) is 0 Å². The van der Waals surface area contributed by atoms with E-state index in [2.05, 4.69) is 10.5 Å². The quantitative estimate of drug-likeness (QED) is 0.569. The number of thiophene rings is 1. The number of carbonyl (C=O) groups excluding carboxylic acids is 1. The number of methoxy groups -OCH3 is 2. The number of hydrogen-bond donors (Lipinski definition) is 1. The summed E-state index contributed by atoms with van der Waals surface area (Å²) >= 11 is 1.53. The van der Waals surface area contributed by atoms with Crippen molar-refractivity contribution in [3.8, 4) is 11.5 Å². The van der Waals surface area contributed by atoms with Gasteiger partial charge in [-0.05, 0) is 24.3 Å². The lowest BCUT2D eigenvalue weighted by Crippen LogP contribution is -2.17. The Balaban J connectivity index is 1.78. The van der Waals surface area contributed by atoms with Gasteiger partial charge in [-0.25, -0.2) is 5.43 Å². The second kappa shape index (κ2) is 7.14. The molecule has 1 N–H and O–H groups in total. The summed E-state index contributed by atoms with van der Waals surface area (Å²) in [6.45, 7) is 0. The highest BCUT2D eigenvalue weighted by molar-refractivity contribution is 7.17. The maximum atomic E-state index is 12.3. The molecule has 122 valence electrons. The Bertz CT molecular complexity index is 902. The van der Waals surface area contributed by atoms with Gasteiger partial charge in [-0.1, -0.05) is 18.2 Å². The molecule has 0 saturated carbocycles. The highest BCUT2D eigenvalue weighted by Crippen LogP contribution is 2.25. The summed E-state index contributed by atoms with van der Waals surface area (Å²) in [4.78, 5) is 12.3. The summed E-state index contributed by atoms with van der Waals surface area (Å²) in [7, 11) is 3.17. The van der Waals surface area contributed by atoms with E-state index in [-0.39, 0.29) is 5.91 Å². The van der Waals surface area contributed by atoms with Crippen molar-refractivity contribution in [2.24, 2.45) is 5.10 Å². The Morgan fingerprint density at radius 3 is 2.79 bits per heavy atom. The van der Waals surface area contributed by atoms with Gasteiger partial charge < -0.3 is 9.47 Å². The van der Waals surface area contributed by atoms with Crippen molar-refractivity contribution < 1.29 is 14.3 Å². The molecule has 0 unspecified atom stereocenters. The van der Waals surface area contributed by atoms with Crippen LogP contribution in [0.1, 0.15) is 15.9 Å². The van der Waals surface area contributed by atoms with Gasteiger partial charge in [0.1, 0.15) is 11.5 Å². The zero-order valence-electron chi connectivity index (χ0n) is 13.3. The Morgan fingerprint density at radius 1 is 1.17 bits per heavy atom. The molecular formula is C18H16N2O3S. The summed E-state index contributed by atoms with van der Waals surface area (Å²) in [6.07, 6.45) is 1.54. The van der Waals surface area contributed by atoms with E-state index in [9.17, 15) is 4.79 Å². The number of hydrogen-bond acceptors (Lipinski definition) is 5. The van der Waals surface area contributed by atoms with Crippen LogP contribution in [0.15, 0.2) is 52.9 Å². The Hall–Kier alpha value is -2.86. The van der Waals surface area contributed by atoms with Crippen LogP contribution in [-0.2, 0) is 0 Å². The van der Waals surface area contributed by atoms with Crippen molar-refractivity contribution >= 4 is 33.5 Å². The second-order valence-electron chi connectivity index (χ2n) is 4.95. The van der Waals surface area contributed by atoms with Gasteiger partial charge in [0.15, 0.2) is 0 Å². The van der Waals surface area contributed by atoms with E-state index in [0.717, 1.165) is 10.1 Å². The SMILES string of the molecule is COc1ccc(OC)c(C=NNC(=O)c2csc3ccccc23)c1. The number of rotatable bonds is 5. The molecule has 0 fully saturated rings. The van der Waals surface area contributed by atoms with Crippen molar-refractivity contribution in [1.82, 2.24) is 5.43 Å². The van der Waals surface area contributed by atoms with E-state index < -0.39 is 0 Å². The number of ether oxygens (including phenoxy) is 2. The fourth-order valence-electron chi connectivity index (χ4n) is 2.31. The van der Waals surface area contributed by atoms with E-state index in [4.69, 9.17) is 9.47 Å². The summed E-state index contributed by atoms with van der Waals surface area (Å²) in [5.41, 5.74) is 3.89. The van der Waals surface area contributed by atoms with Crippen molar-refractivity contribution in [3.05, 3.63) is 59.0 Å². The topological polar surface area (TPSA) is 59.9 Å². The fourth-order valence-corrected chi connectivity index (χ4v) is 3.26. The Kier molecular flexibility index (Phi) is 4.77. The lowest BCUT2D eigenvalue weighted by atomic mass is 10.2. The van der Waals surface area contributed by atoms with Gasteiger partial charge in [0.2, 0.25) is 0 Å². The molecule has 1 heterocycles. The predicted octanol–water partition coefficient (Wildman–Crippen LogP) is 3.68. The molecule has 5 nitrogen and oxygen atoms in total. The number of amides is 1. The first-order chi connectivity index (χ1) is 11.7. The van der Waals surface area contributed by atoms with Crippen molar-refractivity contribution in [1.29, 1.82) is 0 Å². The van der Waals surface area contributed by atoms with Gasteiger partial charge in [0.25, 0.3) is 5.91 Å². The van der Waals surface area contributed by atoms with Crippen molar-refractivity contribution in [3.63, 3.8) is 0 Å². The van der Waals surface area contributed by atoms with Crippen LogP contribution in [0.2, 0.25) is 0 Å². The molecule has 24 heavy (non-hydrogen) atoms. The monoisotopic (exact) mass is 340 g/mol. The molecule has 0 saturated heterocycles. The zero-order chi connectivity index (χ0) is 16.9. The van der Waals surface area contributed by atoms with Crippen molar-refractivity contribution in [2.45, 2.75) is 0 Å². The molecule has 0 aliphatic heterocycles. The van der Waals surface area contributed by atoms with Crippen LogP contribution in [0.3, 0.4) is 0 Å². The molecule has 2 aromatic carbocycles. The zero-order valence-corrected chi connectivity index (χ0v) is 14.1. The van der Waals surface area contributed by atoms with Crippen LogP contribution >= 0.6 is 11.3 Å². The summed E-state index contributed by atoms with van der Waals surface area (Å²) in [6, 6.07) is 13.1. The molecule has 0 radical (unpaired) electrons. The molecule has 0 bridgehead atoms. The van der Waals surface area contributed by atoms with Gasteiger partial charge in [0, 0.05) is 21.0 Å². The Morgan fingerprint density at radius 2 is 2.00 bits per heavy atom. The third-order valence-electron chi connectivity index (χ3n) is 3.53. The number of hydrazone groups is 1. The largest absolute Gasteiger partial charge is 0.497 e. The standard InChI is InChI=1S/C18H16N2O3S/c1-22-13-7-8-16(23-2)12(9-13)10-19-20-18(21)15-11-24-17-6-4-3-5-14(15)17/h3-11H,1-2H3,(H,20,21). The average molecular weight is 340 g/mol. The van der Waals surface area contributed by atoms with Gasteiger partial charge >= 0.3 is 0 Å². The van der Waals surface area contributed by atoms with E-state index in [0.29, 0.717) is 22.6 Å². The average Bonchev–Trinajstić information content (AvgIpc) is 3.05. The molecule has 1 aromatic heterocycles. The molecule has 1 amide bonds. The summed E-state index contributed by atoms with van der Waals surface area (Å²) < 4.78 is 11.5. The third kappa shape index (κ3) is 3.23. The van der Waals surface area contributed by atoms with Crippen LogP contribution in [0.25, 0.3) is 10.1 Å². The molecule has 3 rings (SSSR count). The third-order valence-corrected chi connectivity index (χ3v) is 4.50. The number of nitrogens with zero attached hydrogens (tertiary/aromatic N) is 1. The number of nitrogens with one attached hydrogen (secondary N) is 1. The van der Waals surface area contributed by atoms with E-state index in [1.807, 2.05) is 29.6 Å². The molecule has 3 aromatic rings. The van der Waals surface area contributed by atoms with Gasteiger partial charge in [-0.3, -0.25) is 4.79 Å². The predicted molar refractivity (Wildman–Crippen MR) is 96.4 cm³/mol. The summed E-state index contributed by atoms with van der Waals surface area (Å²) in [5, 5.41) is 6.79. The van der Waals surface area contributed by atoms with E-state index in [1.54, 1.807) is 32.4 Å². The normalized spacial score (nSPS) is 10.9. The minimum Gasteiger partial charge on any atom is -0.497 e. The molecule has 6 heteroatoms. The molecule has 0 aliphatic carbocycles. The smallest absolute Gasteiger partial charge is 0.272 e. The maximum Gasteiger partial charge on any atom is 0.272 e. The summed E-state index contributed by atoms with van der Waals surface area (Å²) in [5.74, 6) is 1.09. The van der Waals surface area contributed by atoms with Crippen LogP contribution in [0, 0.1) is 0 Å². The lowest BCUT2D eigenvalue weighted by Gasteiger charge is -2.06. The fraction of sp³-hybridized carbons (Fsp3) is 0.111. The van der Waals surface area contributed by atoms with Gasteiger partial charge in [-0.15, -0.1) is 11.3 Å². The molecule has 0 aliphatic rings. The molecule has 0 spiro atoms. The maximum absolute atomic E-state index is 12.3. The van der Waals surface area contributed by atoms with Crippen molar-refractivity contribution in [2.75, 3.05) is 14.2 Å². The second-order valence-corrected chi connectivity index (χ2v) is 5.86. The highest BCUT2D eigenvalue weighted by Gasteiger charge is 2.11. The van der Waals surface area contributed by atoms with E-state index in [1.165, 1.54) is 17.6 Å². The first kappa shape index (κ1) is 16.0. The lowest BCUT2D eigenvalue weighted by molar-refractivity contribution is 0.0957. The Labute approximate surface area is 143 Å². The minimum atomic E-state index is -0.245. The number of benzene rings is 2. The minimum absolute atomic E-state index is 0.245. The number of carbonyl (C=O) groups is 1.